The third-order valence-corrected chi connectivity index (χ3v) is 4.23. The SMILES string of the molecule is Brc1ccc(-c2cccc3cc4ccccc4nc23)cc1. The molecule has 0 unspecified atom stereocenters. The fraction of sp³-hybridized carbons (Fsp3) is 0. The number of nitrogens with zero attached hydrogens (tertiary/aromatic N) is 1. The molecule has 0 saturated heterocycles. The Morgan fingerprint density at radius 2 is 1.48 bits per heavy atom. The van der Waals surface area contributed by atoms with E-state index in [-0.39, 0.29) is 0 Å². The third kappa shape index (κ3) is 2.22. The Hall–Kier alpha value is -2.19. The van der Waals surface area contributed by atoms with E-state index in [1.165, 1.54) is 21.9 Å². The van der Waals surface area contributed by atoms with Crippen molar-refractivity contribution in [1.82, 2.24) is 4.98 Å². The summed E-state index contributed by atoms with van der Waals surface area (Å²) < 4.78 is 1.09. The van der Waals surface area contributed by atoms with Gasteiger partial charge in [-0.1, -0.05) is 64.5 Å². The summed E-state index contributed by atoms with van der Waals surface area (Å²) in [5.41, 5.74) is 4.45. The monoisotopic (exact) mass is 333 g/mol. The van der Waals surface area contributed by atoms with Crippen LogP contribution in [0.1, 0.15) is 0 Å². The largest absolute Gasteiger partial charge is 0.247 e. The van der Waals surface area contributed by atoms with Crippen molar-refractivity contribution in [3.8, 4) is 11.1 Å². The second kappa shape index (κ2) is 4.97. The molecule has 0 aliphatic carbocycles. The molecule has 21 heavy (non-hydrogen) atoms. The number of halogens is 1. The maximum absolute atomic E-state index is 4.86. The van der Waals surface area contributed by atoms with Crippen LogP contribution in [0, 0.1) is 0 Å². The van der Waals surface area contributed by atoms with Gasteiger partial charge in [0.1, 0.15) is 0 Å². The van der Waals surface area contributed by atoms with E-state index < -0.39 is 0 Å². The van der Waals surface area contributed by atoms with Crippen molar-refractivity contribution in [2.24, 2.45) is 0 Å². The van der Waals surface area contributed by atoms with Crippen molar-refractivity contribution in [2.75, 3.05) is 0 Å². The Kier molecular flexibility index (Phi) is 2.97. The summed E-state index contributed by atoms with van der Waals surface area (Å²) >= 11 is 3.48. The van der Waals surface area contributed by atoms with Gasteiger partial charge >= 0.3 is 0 Å². The van der Waals surface area contributed by atoms with Gasteiger partial charge in [0.15, 0.2) is 0 Å². The average Bonchev–Trinajstić information content (AvgIpc) is 2.53. The van der Waals surface area contributed by atoms with Gasteiger partial charge in [-0.05, 0) is 29.8 Å². The second-order valence-electron chi connectivity index (χ2n) is 5.07. The fourth-order valence-electron chi connectivity index (χ4n) is 2.66. The molecule has 0 fully saturated rings. The summed E-state index contributed by atoms with van der Waals surface area (Å²) in [5.74, 6) is 0. The third-order valence-electron chi connectivity index (χ3n) is 3.70. The molecule has 0 N–H and O–H groups in total. The molecule has 0 saturated carbocycles. The predicted octanol–water partition coefficient (Wildman–Crippen LogP) is 5.82. The van der Waals surface area contributed by atoms with Crippen LogP contribution in [0.4, 0.5) is 0 Å². The van der Waals surface area contributed by atoms with Crippen LogP contribution in [-0.4, -0.2) is 4.98 Å². The standard InChI is InChI=1S/C19H12BrN/c20-16-10-8-13(9-11-16)17-6-3-5-15-12-14-4-1-2-7-18(14)21-19(15)17/h1-12H. The molecule has 0 radical (unpaired) electrons. The number of hydrogen-bond donors (Lipinski definition) is 0. The van der Waals surface area contributed by atoms with E-state index in [1.807, 2.05) is 6.07 Å². The summed E-state index contributed by atoms with van der Waals surface area (Å²) in [6.45, 7) is 0. The first-order chi connectivity index (χ1) is 10.3. The first-order valence-electron chi connectivity index (χ1n) is 6.86. The van der Waals surface area contributed by atoms with Crippen LogP contribution in [0.15, 0.2) is 77.3 Å². The highest BCUT2D eigenvalue weighted by molar-refractivity contribution is 9.10. The topological polar surface area (TPSA) is 12.9 Å². The number of para-hydroxylation sites is 2. The summed E-state index contributed by atoms with van der Waals surface area (Å²) in [6, 6.07) is 25.2. The number of aromatic nitrogens is 1. The lowest BCUT2D eigenvalue weighted by Gasteiger charge is -2.08. The van der Waals surface area contributed by atoms with Crippen LogP contribution in [-0.2, 0) is 0 Å². The molecule has 1 nitrogen and oxygen atoms in total. The van der Waals surface area contributed by atoms with E-state index in [9.17, 15) is 0 Å². The van der Waals surface area contributed by atoms with Crippen molar-refractivity contribution in [3.05, 3.63) is 77.3 Å². The van der Waals surface area contributed by atoms with Crippen LogP contribution in [0.5, 0.6) is 0 Å². The van der Waals surface area contributed by atoms with Crippen molar-refractivity contribution in [1.29, 1.82) is 0 Å². The molecule has 0 spiro atoms. The van der Waals surface area contributed by atoms with Gasteiger partial charge in [0, 0.05) is 20.8 Å². The first-order valence-corrected chi connectivity index (χ1v) is 7.65. The number of pyridine rings is 1. The lowest BCUT2D eigenvalue weighted by Crippen LogP contribution is -1.86. The van der Waals surface area contributed by atoms with Gasteiger partial charge in [-0.2, -0.15) is 0 Å². The summed E-state index contributed by atoms with van der Waals surface area (Å²) in [5, 5.41) is 2.35. The lowest BCUT2D eigenvalue weighted by atomic mass is 10.0. The molecule has 2 heteroatoms. The Morgan fingerprint density at radius 3 is 2.33 bits per heavy atom. The Labute approximate surface area is 131 Å². The molecule has 0 bridgehead atoms. The van der Waals surface area contributed by atoms with E-state index in [4.69, 9.17) is 4.98 Å². The summed E-state index contributed by atoms with van der Waals surface area (Å²) in [6.07, 6.45) is 0. The highest BCUT2D eigenvalue weighted by Gasteiger charge is 2.06. The summed E-state index contributed by atoms with van der Waals surface area (Å²) in [4.78, 5) is 4.86. The molecule has 4 aromatic rings. The van der Waals surface area contributed by atoms with Crippen LogP contribution >= 0.6 is 15.9 Å². The van der Waals surface area contributed by atoms with E-state index in [2.05, 4.69) is 82.7 Å². The van der Waals surface area contributed by atoms with E-state index in [0.29, 0.717) is 0 Å². The minimum atomic E-state index is 1.04. The Bertz CT molecular complexity index is 942. The van der Waals surface area contributed by atoms with Gasteiger partial charge in [0.05, 0.1) is 11.0 Å². The number of benzene rings is 3. The lowest BCUT2D eigenvalue weighted by molar-refractivity contribution is 1.49. The van der Waals surface area contributed by atoms with Gasteiger partial charge in [-0.3, -0.25) is 0 Å². The number of hydrogen-bond acceptors (Lipinski definition) is 1. The van der Waals surface area contributed by atoms with Crippen LogP contribution in [0.3, 0.4) is 0 Å². The Balaban J connectivity index is 2.04. The average molecular weight is 334 g/mol. The molecule has 4 rings (SSSR count). The van der Waals surface area contributed by atoms with E-state index >= 15 is 0 Å². The quantitative estimate of drug-likeness (QED) is 0.400. The smallest absolute Gasteiger partial charge is 0.0788 e. The molecule has 1 heterocycles. The van der Waals surface area contributed by atoms with Crippen molar-refractivity contribution in [3.63, 3.8) is 0 Å². The molecule has 1 aromatic heterocycles. The summed E-state index contributed by atoms with van der Waals surface area (Å²) in [7, 11) is 0. The van der Waals surface area contributed by atoms with Gasteiger partial charge in [0.25, 0.3) is 0 Å². The van der Waals surface area contributed by atoms with Crippen molar-refractivity contribution < 1.29 is 0 Å². The zero-order valence-electron chi connectivity index (χ0n) is 11.3. The molecule has 0 atom stereocenters. The van der Waals surface area contributed by atoms with Crippen LogP contribution in [0.25, 0.3) is 32.9 Å². The second-order valence-corrected chi connectivity index (χ2v) is 5.98. The molecule has 0 amide bonds. The number of rotatable bonds is 1. The number of fused-ring (bicyclic) bond motifs is 2. The highest BCUT2D eigenvalue weighted by Crippen LogP contribution is 2.30. The fourth-order valence-corrected chi connectivity index (χ4v) is 2.93. The normalized spacial score (nSPS) is 11.1. The molecule has 0 aliphatic rings. The molecule has 100 valence electrons. The maximum Gasteiger partial charge on any atom is 0.0788 e. The maximum atomic E-state index is 4.86. The zero-order valence-corrected chi connectivity index (χ0v) is 12.8. The molecule has 3 aromatic carbocycles. The van der Waals surface area contributed by atoms with Crippen LogP contribution in [0.2, 0.25) is 0 Å². The van der Waals surface area contributed by atoms with E-state index in [0.717, 1.165) is 15.5 Å². The zero-order chi connectivity index (χ0) is 14.2. The first kappa shape index (κ1) is 12.5. The predicted molar refractivity (Wildman–Crippen MR) is 92.4 cm³/mol. The van der Waals surface area contributed by atoms with Crippen LogP contribution < -0.4 is 0 Å². The highest BCUT2D eigenvalue weighted by atomic mass is 79.9. The molecule has 0 aliphatic heterocycles. The minimum absolute atomic E-state index is 1.04. The van der Waals surface area contributed by atoms with Gasteiger partial charge in [-0.25, -0.2) is 4.98 Å². The van der Waals surface area contributed by atoms with Gasteiger partial charge < -0.3 is 0 Å². The van der Waals surface area contributed by atoms with Crippen molar-refractivity contribution >= 4 is 37.7 Å². The van der Waals surface area contributed by atoms with Gasteiger partial charge in [0.2, 0.25) is 0 Å². The van der Waals surface area contributed by atoms with Gasteiger partial charge in [-0.15, -0.1) is 0 Å². The molecular weight excluding hydrogens is 322 g/mol. The van der Waals surface area contributed by atoms with Crippen molar-refractivity contribution in [2.45, 2.75) is 0 Å². The van der Waals surface area contributed by atoms with E-state index in [1.54, 1.807) is 0 Å². The Morgan fingerprint density at radius 1 is 0.714 bits per heavy atom. The molecular formula is C19H12BrN. The minimum Gasteiger partial charge on any atom is -0.247 e.